The van der Waals surface area contributed by atoms with Gasteiger partial charge in [0.05, 0.1) is 11.2 Å². The summed E-state index contributed by atoms with van der Waals surface area (Å²) in [6.45, 7) is 3.76. The predicted octanol–water partition coefficient (Wildman–Crippen LogP) is -1.25. The summed E-state index contributed by atoms with van der Waals surface area (Å²) in [5, 5.41) is 22.3. The Hall–Kier alpha value is -0.840. The van der Waals surface area contributed by atoms with Crippen molar-refractivity contribution in [3.05, 3.63) is 0 Å². The van der Waals surface area contributed by atoms with Crippen LogP contribution in [-0.4, -0.2) is 47.6 Å². The van der Waals surface area contributed by atoms with E-state index in [1.807, 2.05) is 13.8 Å². The molecule has 0 amide bonds. The van der Waals surface area contributed by atoms with E-state index in [-0.39, 0.29) is 42.7 Å². The smallest absolute Gasteiger partial charge is 1.00 e. The van der Waals surface area contributed by atoms with Crippen molar-refractivity contribution in [2.75, 3.05) is 5.75 Å². The van der Waals surface area contributed by atoms with Gasteiger partial charge in [-0.3, -0.25) is 4.79 Å². The van der Waals surface area contributed by atoms with E-state index in [0.29, 0.717) is 12.8 Å². The third kappa shape index (κ3) is 4.59. The summed E-state index contributed by atoms with van der Waals surface area (Å²) in [4.78, 5) is 31.0. The summed E-state index contributed by atoms with van der Waals surface area (Å²) in [5.74, 6) is -0.430. The van der Waals surface area contributed by atoms with Crippen LogP contribution in [0.5, 0.6) is 0 Å². The minimum Gasteiger partial charge on any atom is -1.00 e. The summed E-state index contributed by atoms with van der Waals surface area (Å²) in [6, 6.07) is 0. The van der Waals surface area contributed by atoms with Crippen molar-refractivity contribution >= 4 is 28.2 Å². The number of hydrogen-bond donors (Lipinski definition) is 3. The molecule has 3 N–H and O–H groups in total. The second-order valence-corrected chi connectivity index (χ2v) is 7.57. The molecule has 2 aliphatic rings. The van der Waals surface area contributed by atoms with E-state index in [2.05, 4.69) is 4.18 Å². The first kappa shape index (κ1) is 22.2. The zero-order valence-electron chi connectivity index (χ0n) is 14.1. The maximum absolute atomic E-state index is 12.1. The van der Waals surface area contributed by atoms with Crippen LogP contribution < -0.4 is 29.6 Å². The minimum atomic E-state index is -4.23. The van der Waals surface area contributed by atoms with Gasteiger partial charge in [-0.2, -0.15) is 8.42 Å². The normalized spacial score (nSPS) is 27.4. The third-order valence-corrected chi connectivity index (χ3v) is 6.00. The molecular weight excluding hydrogens is 343 g/mol. The molecule has 2 bridgehead atoms. The van der Waals surface area contributed by atoms with Gasteiger partial charge in [0.15, 0.2) is 0 Å². The number of carboxylic acid groups (broad SMARTS) is 3. The Balaban J connectivity index is 0. The molecule has 2 aliphatic carbocycles. The molecule has 0 saturated heterocycles. The molecule has 0 radical (unpaired) electrons. The van der Waals surface area contributed by atoms with Crippen molar-refractivity contribution in [3.8, 4) is 0 Å². The first-order valence-electron chi connectivity index (χ1n) is 6.44. The van der Waals surface area contributed by atoms with Crippen molar-refractivity contribution in [1.82, 2.24) is 0 Å². The van der Waals surface area contributed by atoms with Gasteiger partial charge >= 0.3 is 52.0 Å². The summed E-state index contributed by atoms with van der Waals surface area (Å²) in [5.41, 5.74) is -1.40. The van der Waals surface area contributed by atoms with Gasteiger partial charge in [-0.15, -0.1) is 0 Å². The van der Waals surface area contributed by atoms with E-state index in [9.17, 15) is 18.0 Å². The van der Waals surface area contributed by atoms with Gasteiger partial charge in [-0.1, -0.05) is 13.8 Å². The van der Waals surface area contributed by atoms with Gasteiger partial charge in [0.1, 0.15) is 5.78 Å². The minimum absolute atomic E-state index is 0. The molecule has 2 atom stereocenters. The largest absolute Gasteiger partial charge is 1.00 e. The Morgan fingerprint density at radius 2 is 1.78 bits per heavy atom. The van der Waals surface area contributed by atoms with E-state index >= 15 is 0 Å². The molecule has 2 fully saturated rings. The van der Waals surface area contributed by atoms with E-state index < -0.39 is 39.0 Å². The first-order valence-corrected chi connectivity index (χ1v) is 8.02. The second kappa shape index (κ2) is 7.37. The van der Waals surface area contributed by atoms with E-state index in [1.54, 1.807) is 0 Å². The quantitative estimate of drug-likeness (QED) is 0.412. The van der Waals surface area contributed by atoms with Gasteiger partial charge in [0.25, 0.3) is 0 Å². The Bertz CT molecular complexity index is 600. The predicted molar refractivity (Wildman–Crippen MR) is 73.2 cm³/mol. The maximum Gasteiger partial charge on any atom is 1.00 e. The summed E-state index contributed by atoms with van der Waals surface area (Å²) < 4.78 is 27.2. The molecule has 0 aromatic rings. The van der Waals surface area contributed by atoms with Crippen LogP contribution in [0.4, 0.5) is 9.59 Å². The van der Waals surface area contributed by atoms with Crippen LogP contribution in [0.15, 0.2) is 0 Å². The summed E-state index contributed by atoms with van der Waals surface area (Å²) >= 11 is 0. The zero-order chi connectivity index (χ0) is 17.3. The Morgan fingerprint density at radius 3 is 2.09 bits per heavy atom. The van der Waals surface area contributed by atoms with Crippen molar-refractivity contribution in [2.45, 2.75) is 33.1 Å². The van der Waals surface area contributed by atoms with E-state index in [4.69, 9.17) is 20.1 Å². The molecule has 0 aliphatic heterocycles. The Labute approximate surface area is 156 Å². The molecule has 2 unspecified atom stereocenters. The fourth-order valence-electron chi connectivity index (χ4n) is 3.55. The molecule has 0 aromatic heterocycles. The molecule has 2 saturated carbocycles. The average molecular weight is 362 g/mol. The molecule has 23 heavy (non-hydrogen) atoms. The molecule has 11 heteroatoms. The molecule has 2 rings (SSSR count). The van der Waals surface area contributed by atoms with Crippen LogP contribution in [0, 0.1) is 16.7 Å². The van der Waals surface area contributed by atoms with Crippen LogP contribution in [0.25, 0.3) is 0 Å². The van der Waals surface area contributed by atoms with Gasteiger partial charge < -0.3 is 20.9 Å². The SMILES string of the molecule is CC1(C)C2CCC1(CS(=O)(=O)OC(=O)O)C(=O)C2.O=C(O)O.[H-].[Na+]. The standard InChI is InChI=1S/C11H16O6S.CH2O3.Na.H/c1-10(2)7-3-4-11(10,8(12)5-7)6-18(15,16)17-9(13)14;2-1(3)4;;/h7H,3-6H2,1-2H3,(H,13,14);(H2,2,3,4);;/q;;+1;-1. The molecule has 9 nitrogen and oxygen atoms in total. The molecule has 0 aromatic carbocycles. The topological polar surface area (TPSA) is 155 Å². The zero-order valence-corrected chi connectivity index (χ0v) is 15.9. The number of Topliss-reactive ketones (excluding diaryl/α,β-unsaturated/α-hetero) is 1. The van der Waals surface area contributed by atoms with Gasteiger partial charge in [0, 0.05) is 6.42 Å². The van der Waals surface area contributed by atoms with E-state index in [1.165, 1.54) is 0 Å². The maximum atomic E-state index is 12.1. The van der Waals surface area contributed by atoms with Gasteiger partial charge in [-0.25, -0.2) is 9.59 Å². The number of fused-ring (bicyclic) bond motifs is 2. The molecule has 0 heterocycles. The van der Waals surface area contributed by atoms with Crippen LogP contribution in [0.1, 0.15) is 34.5 Å². The Morgan fingerprint density at radius 1 is 1.30 bits per heavy atom. The van der Waals surface area contributed by atoms with Crippen molar-refractivity contribution in [2.24, 2.45) is 16.7 Å². The third-order valence-electron chi connectivity index (χ3n) is 4.76. The van der Waals surface area contributed by atoms with Crippen LogP contribution in [-0.2, 0) is 19.1 Å². The number of rotatable bonds is 3. The fraction of sp³-hybridized carbons (Fsp3) is 0.750. The summed E-state index contributed by atoms with van der Waals surface area (Å²) in [7, 11) is -4.23. The number of carbonyl (C=O) groups is 3. The number of carbonyl (C=O) groups excluding carboxylic acids is 1. The van der Waals surface area contributed by atoms with Crippen molar-refractivity contribution in [1.29, 1.82) is 0 Å². The van der Waals surface area contributed by atoms with Crippen molar-refractivity contribution < 1.29 is 73.3 Å². The van der Waals surface area contributed by atoms with Crippen LogP contribution in [0.3, 0.4) is 0 Å². The fourth-order valence-corrected chi connectivity index (χ4v) is 5.11. The first-order chi connectivity index (χ1) is 9.84. The average Bonchev–Trinajstić information content (AvgIpc) is 2.59. The van der Waals surface area contributed by atoms with Crippen LogP contribution in [0.2, 0.25) is 0 Å². The van der Waals surface area contributed by atoms with Gasteiger partial charge in [0.2, 0.25) is 0 Å². The summed E-state index contributed by atoms with van der Waals surface area (Å²) in [6.07, 6.45) is -2.01. The Kier molecular flexibility index (Phi) is 7.10. The van der Waals surface area contributed by atoms with E-state index in [0.717, 1.165) is 6.42 Å². The monoisotopic (exact) mass is 362 g/mol. The van der Waals surface area contributed by atoms with Gasteiger partial charge in [-0.05, 0) is 24.2 Å². The molecule has 0 spiro atoms. The second-order valence-electron chi connectivity index (χ2n) is 6.00. The number of hydrogen-bond acceptors (Lipinski definition) is 6. The number of ketones is 1. The van der Waals surface area contributed by atoms with Crippen molar-refractivity contribution in [3.63, 3.8) is 0 Å². The van der Waals surface area contributed by atoms with Crippen LogP contribution >= 0.6 is 0 Å². The molecular formula is C12H19NaO9S. The molecule has 128 valence electrons.